The Morgan fingerprint density at radius 1 is 1.13 bits per heavy atom. The summed E-state index contributed by atoms with van der Waals surface area (Å²) in [6, 6.07) is 8.49. The van der Waals surface area contributed by atoms with Gasteiger partial charge in [-0.1, -0.05) is 30.4 Å². The molecule has 23 heavy (non-hydrogen) atoms. The highest BCUT2D eigenvalue weighted by Gasteiger charge is 2.25. The Kier molecular flexibility index (Phi) is 5.91. The van der Waals surface area contributed by atoms with Crippen molar-refractivity contribution in [3.05, 3.63) is 48.0 Å². The zero-order valence-corrected chi connectivity index (χ0v) is 13.0. The summed E-state index contributed by atoms with van der Waals surface area (Å²) >= 11 is 0. The summed E-state index contributed by atoms with van der Waals surface area (Å²) in [6.07, 6.45) is 5.21. The van der Waals surface area contributed by atoms with Crippen LogP contribution in [0.25, 0.3) is 0 Å². The van der Waals surface area contributed by atoms with Crippen molar-refractivity contribution in [3.63, 3.8) is 0 Å². The highest BCUT2D eigenvalue weighted by atomic mass is 16.5. The summed E-state index contributed by atoms with van der Waals surface area (Å²) in [5.74, 6) is -1.59. The molecule has 0 unspecified atom stereocenters. The van der Waals surface area contributed by atoms with Gasteiger partial charge in [-0.3, -0.25) is 25.2 Å². The third kappa shape index (κ3) is 4.95. The Balaban J connectivity index is 1.77. The molecule has 0 saturated carbocycles. The molecular formula is C17H20N2O4. The Morgan fingerprint density at radius 2 is 1.87 bits per heavy atom. The smallest absolute Gasteiger partial charge is 0.310 e. The molecule has 0 radical (unpaired) electrons. The van der Waals surface area contributed by atoms with Crippen molar-refractivity contribution < 1.29 is 19.1 Å². The van der Waals surface area contributed by atoms with Gasteiger partial charge in [-0.25, -0.2) is 0 Å². The van der Waals surface area contributed by atoms with Crippen LogP contribution in [0, 0.1) is 5.92 Å². The first kappa shape index (κ1) is 16.7. The van der Waals surface area contributed by atoms with Crippen LogP contribution in [-0.2, 0) is 14.3 Å². The molecule has 0 spiro atoms. The van der Waals surface area contributed by atoms with E-state index >= 15 is 0 Å². The van der Waals surface area contributed by atoms with E-state index in [1.807, 2.05) is 12.2 Å². The van der Waals surface area contributed by atoms with Gasteiger partial charge in [0.15, 0.2) is 6.10 Å². The fourth-order valence-corrected chi connectivity index (χ4v) is 2.21. The maximum atomic E-state index is 11.9. The molecule has 1 aromatic rings. The molecule has 1 aliphatic carbocycles. The quantitative estimate of drug-likeness (QED) is 0.503. The van der Waals surface area contributed by atoms with Crippen molar-refractivity contribution in [2.75, 3.05) is 0 Å². The van der Waals surface area contributed by atoms with E-state index in [0.717, 1.165) is 12.8 Å². The highest BCUT2D eigenvalue weighted by Crippen LogP contribution is 2.20. The van der Waals surface area contributed by atoms with Gasteiger partial charge in [0.25, 0.3) is 11.8 Å². The maximum Gasteiger partial charge on any atom is 0.310 e. The normalized spacial score (nSPS) is 17.9. The summed E-state index contributed by atoms with van der Waals surface area (Å²) < 4.78 is 5.15. The molecule has 2 N–H and O–H groups in total. The van der Waals surface area contributed by atoms with Gasteiger partial charge in [-0.15, -0.1) is 0 Å². The Morgan fingerprint density at radius 3 is 2.52 bits per heavy atom. The number of amides is 2. The van der Waals surface area contributed by atoms with E-state index in [4.69, 9.17) is 4.74 Å². The molecule has 0 aromatic heterocycles. The number of rotatable bonds is 4. The second-order valence-electron chi connectivity index (χ2n) is 5.37. The second kappa shape index (κ2) is 8.12. The number of nitrogens with one attached hydrogen (secondary N) is 2. The predicted octanol–water partition coefficient (Wildman–Crippen LogP) is 1.74. The molecule has 2 atom stereocenters. The standard InChI is InChI=1S/C17H20N2O4/c1-12(23-17(22)14-10-6-3-7-11-14)15(20)18-19-16(21)13-8-4-2-5-9-13/h2-6,8-9,12,14H,7,10-11H2,1H3,(H,18,20)(H,19,21)/t12-,14-/m1/s1. The lowest BCUT2D eigenvalue weighted by Gasteiger charge is -2.19. The highest BCUT2D eigenvalue weighted by molar-refractivity contribution is 5.95. The number of carbonyl (C=O) groups is 3. The van der Waals surface area contributed by atoms with Gasteiger partial charge in [0, 0.05) is 5.56 Å². The first-order valence-electron chi connectivity index (χ1n) is 7.58. The number of ether oxygens (including phenoxy) is 1. The van der Waals surface area contributed by atoms with Gasteiger partial charge in [-0.05, 0) is 38.3 Å². The first-order valence-corrected chi connectivity index (χ1v) is 7.58. The minimum atomic E-state index is -0.968. The molecule has 122 valence electrons. The van der Waals surface area contributed by atoms with Crippen molar-refractivity contribution in [3.8, 4) is 0 Å². The second-order valence-corrected chi connectivity index (χ2v) is 5.37. The summed E-state index contributed by atoms with van der Waals surface area (Å²) in [4.78, 5) is 35.6. The van der Waals surface area contributed by atoms with Crippen LogP contribution in [0.1, 0.15) is 36.5 Å². The third-order valence-corrected chi connectivity index (χ3v) is 3.60. The van der Waals surface area contributed by atoms with E-state index in [1.165, 1.54) is 6.92 Å². The number of esters is 1. The van der Waals surface area contributed by atoms with Crippen LogP contribution >= 0.6 is 0 Å². The zero-order chi connectivity index (χ0) is 16.7. The van der Waals surface area contributed by atoms with Gasteiger partial charge < -0.3 is 4.74 Å². The van der Waals surface area contributed by atoms with Crippen molar-refractivity contribution in [1.82, 2.24) is 10.9 Å². The molecule has 0 aliphatic heterocycles. The van der Waals surface area contributed by atoms with E-state index in [1.54, 1.807) is 30.3 Å². The lowest BCUT2D eigenvalue weighted by molar-refractivity contribution is -0.159. The van der Waals surface area contributed by atoms with Gasteiger partial charge in [-0.2, -0.15) is 0 Å². The minimum absolute atomic E-state index is 0.200. The number of carbonyl (C=O) groups excluding carboxylic acids is 3. The number of hydrogen-bond donors (Lipinski definition) is 2. The summed E-state index contributed by atoms with van der Waals surface area (Å²) in [5.41, 5.74) is 4.97. The van der Waals surface area contributed by atoms with Crippen molar-refractivity contribution in [2.45, 2.75) is 32.3 Å². The van der Waals surface area contributed by atoms with Crippen LogP contribution in [0.3, 0.4) is 0 Å². The average molecular weight is 316 g/mol. The van der Waals surface area contributed by atoms with E-state index in [2.05, 4.69) is 10.9 Å². The largest absolute Gasteiger partial charge is 0.452 e. The van der Waals surface area contributed by atoms with Crippen LogP contribution in [0.4, 0.5) is 0 Å². The van der Waals surface area contributed by atoms with E-state index in [9.17, 15) is 14.4 Å². The predicted molar refractivity (Wildman–Crippen MR) is 84.1 cm³/mol. The molecule has 6 heteroatoms. The van der Waals surface area contributed by atoms with Gasteiger partial charge >= 0.3 is 5.97 Å². The molecule has 6 nitrogen and oxygen atoms in total. The molecular weight excluding hydrogens is 296 g/mol. The Bertz CT molecular complexity index is 598. The fraction of sp³-hybridized carbons (Fsp3) is 0.353. The molecule has 2 amide bonds. The number of hydrogen-bond acceptors (Lipinski definition) is 4. The molecule has 0 bridgehead atoms. The molecule has 2 rings (SSSR count). The Hall–Kier alpha value is -2.63. The summed E-state index contributed by atoms with van der Waals surface area (Å²) in [6.45, 7) is 1.47. The number of hydrazine groups is 1. The van der Waals surface area contributed by atoms with Crippen LogP contribution in [0.15, 0.2) is 42.5 Å². The monoisotopic (exact) mass is 316 g/mol. The van der Waals surface area contributed by atoms with E-state index < -0.39 is 17.9 Å². The van der Waals surface area contributed by atoms with Crippen LogP contribution in [0.2, 0.25) is 0 Å². The van der Waals surface area contributed by atoms with Gasteiger partial charge in [0.1, 0.15) is 0 Å². The topological polar surface area (TPSA) is 84.5 Å². The Labute approximate surface area is 134 Å². The lowest BCUT2D eigenvalue weighted by atomic mass is 9.95. The van der Waals surface area contributed by atoms with Crippen molar-refractivity contribution >= 4 is 17.8 Å². The third-order valence-electron chi connectivity index (χ3n) is 3.60. The van der Waals surface area contributed by atoms with Crippen LogP contribution in [-0.4, -0.2) is 23.9 Å². The van der Waals surface area contributed by atoms with Gasteiger partial charge in [0.2, 0.25) is 0 Å². The van der Waals surface area contributed by atoms with Crippen molar-refractivity contribution in [2.24, 2.45) is 5.92 Å². The molecule has 0 heterocycles. The van der Waals surface area contributed by atoms with Gasteiger partial charge in [0.05, 0.1) is 5.92 Å². The first-order chi connectivity index (χ1) is 11.1. The summed E-state index contributed by atoms with van der Waals surface area (Å²) in [5, 5.41) is 0. The minimum Gasteiger partial charge on any atom is -0.452 e. The van der Waals surface area contributed by atoms with Crippen molar-refractivity contribution in [1.29, 1.82) is 0 Å². The zero-order valence-electron chi connectivity index (χ0n) is 13.0. The molecule has 1 aliphatic rings. The summed E-state index contributed by atoms with van der Waals surface area (Å²) in [7, 11) is 0. The van der Waals surface area contributed by atoms with E-state index in [-0.39, 0.29) is 11.9 Å². The lowest BCUT2D eigenvalue weighted by Crippen LogP contribution is -2.47. The SMILES string of the molecule is C[C@@H](OC(=O)[C@@H]1CC=CCC1)C(=O)NNC(=O)c1ccccc1. The fourth-order valence-electron chi connectivity index (χ4n) is 2.21. The van der Waals surface area contributed by atoms with Crippen LogP contribution < -0.4 is 10.9 Å². The van der Waals surface area contributed by atoms with Crippen LogP contribution in [0.5, 0.6) is 0 Å². The molecule has 0 saturated heterocycles. The number of benzene rings is 1. The number of allylic oxidation sites excluding steroid dienone is 2. The maximum absolute atomic E-state index is 11.9. The molecule has 1 aromatic carbocycles. The van der Waals surface area contributed by atoms with E-state index in [0.29, 0.717) is 12.0 Å². The average Bonchev–Trinajstić information content (AvgIpc) is 2.60. The molecule has 0 fully saturated rings.